The van der Waals surface area contributed by atoms with E-state index in [-0.39, 0.29) is 6.61 Å². The molecule has 3 aliphatic heterocycles. The Hall–Kier alpha value is -3.32. The van der Waals surface area contributed by atoms with E-state index in [0.29, 0.717) is 12.2 Å². The number of nitrogens with one attached hydrogen (secondary N) is 1. The molecule has 3 fully saturated rings. The number of carbonyl (C=O) groups excluding carboxylic acids is 5. The maximum absolute atomic E-state index is 12.7. The number of carbonyl (C=O) groups is 5. The van der Waals surface area contributed by atoms with Gasteiger partial charge in [0.25, 0.3) is 0 Å². The first kappa shape index (κ1) is 41.4. The van der Waals surface area contributed by atoms with Crippen LogP contribution < -0.4 is 5.32 Å². The summed E-state index contributed by atoms with van der Waals surface area (Å²) in [5.41, 5.74) is 0.715. The van der Waals surface area contributed by atoms with Gasteiger partial charge in [-0.1, -0.05) is 36.8 Å². The van der Waals surface area contributed by atoms with Crippen molar-refractivity contribution in [1.82, 2.24) is 5.32 Å². The van der Waals surface area contributed by atoms with E-state index in [1.807, 2.05) is 36.6 Å². The van der Waals surface area contributed by atoms with Crippen molar-refractivity contribution in [3.05, 3.63) is 35.9 Å². The molecule has 0 aliphatic carbocycles. The lowest BCUT2D eigenvalue weighted by Gasteiger charge is -2.51. The zero-order valence-corrected chi connectivity index (χ0v) is 31.0. The lowest BCUT2D eigenvalue weighted by atomic mass is 9.94. The van der Waals surface area contributed by atoms with Crippen molar-refractivity contribution in [3.8, 4) is 0 Å². The Balaban J connectivity index is 1.74. The first-order chi connectivity index (χ1) is 24.9. The van der Waals surface area contributed by atoms with Crippen molar-refractivity contribution in [1.29, 1.82) is 0 Å². The number of amides is 1. The average molecular weight is 756 g/mol. The molecule has 0 spiro atoms. The first-order valence-corrected chi connectivity index (χ1v) is 18.6. The summed E-state index contributed by atoms with van der Waals surface area (Å²) in [5.74, 6) is -2.44. The summed E-state index contributed by atoms with van der Waals surface area (Å²) < 4.78 is 60.0. The van der Waals surface area contributed by atoms with Gasteiger partial charge in [0.05, 0.1) is 6.61 Å². The Labute approximate surface area is 307 Å². The zero-order chi connectivity index (χ0) is 37.8. The fraction of sp³-hybridized carbons (Fsp3) is 0.686. The normalized spacial score (nSPS) is 31.4. The molecular weight excluding hydrogens is 706 g/mol. The smallest absolute Gasteiger partial charge is 0.303 e. The molecule has 0 aromatic heterocycles. The molecule has 17 heteroatoms. The molecule has 3 heterocycles. The fourth-order valence-electron chi connectivity index (χ4n) is 6.22. The Morgan fingerprint density at radius 1 is 0.769 bits per heavy atom. The highest BCUT2D eigenvalue weighted by atomic mass is 32.2. The molecule has 11 atom stereocenters. The van der Waals surface area contributed by atoms with Crippen LogP contribution in [0.15, 0.2) is 30.3 Å². The van der Waals surface area contributed by atoms with Crippen molar-refractivity contribution in [2.75, 3.05) is 31.8 Å². The molecule has 52 heavy (non-hydrogen) atoms. The predicted molar refractivity (Wildman–Crippen MR) is 181 cm³/mol. The highest BCUT2D eigenvalue weighted by Crippen LogP contribution is 2.38. The minimum Gasteiger partial charge on any atom is -0.463 e. The van der Waals surface area contributed by atoms with Crippen LogP contribution in [0.3, 0.4) is 0 Å². The summed E-state index contributed by atoms with van der Waals surface area (Å²) in [6.45, 7) is 5.82. The summed E-state index contributed by atoms with van der Waals surface area (Å²) in [6, 6.07) is 8.17. The Bertz CT molecular complexity index is 1350. The summed E-state index contributed by atoms with van der Waals surface area (Å²) in [6.07, 6.45) is -7.19. The van der Waals surface area contributed by atoms with Gasteiger partial charge in [0.15, 0.2) is 37.2 Å². The Morgan fingerprint density at radius 3 is 2.08 bits per heavy atom. The van der Waals surface area contributed by atoms with E-state index >= 15 is 0 Å². The second-order valence-electron chi connectivity index (χ2n) is 12.5. The number of fused-ring (bicyclic) bond motifs is 1. The molecule has 290 valence electrons. The lowest BCUT2D eigenvalue weighted by Crippen LogP contribution is -2.70. The van der Waals surface area contributed by atoms with Crippen LogP contribution >= 0.6 is 11.8 Å². The maximum Gasteiger partial charge on any atom is 0.303 e. The highest BCUT2D eigenvalue weighted by molar-refractivity contribution is 7.98. The van der Waals surface area contributed by atoms with Crippen LogP contribution in [0.4, 0.5) is 0 Å². The third kappa shape index (κ3) is 11.8. The van der Waals surface area contributed by atoms with E-state index in [9.17, 15) is 24.0 Å². The molecule has 1 amide bonds. The second kappa shape index (κ2) is 20.2. The molecule has 1 N–H and O–H groups in total. The molecule has 1 aromatic carbocycles. The SMILES string of the molecule is CSCCCCCOC1OC2COC(c3ccccc3)OC2C(OC2OC(COC(C)=O)C(OC(C)=O)C(OC(C)=O)C2OC(C)=O)C1NC(C)=O. The number of thioether (sulfide) groups is 1. The van der Waals surface area contributed by atoms with Crippen LogP contribution in [0.2, 0.25) is 0 Å². The lowest BCUT2D eigenvalue weighted by molar-refractivity contribution is -0.378. The van der Waals surface area contributed by atoms with Gasteiger partial charge in [-0.15, -0.1) is 0 Å². The van der Waals surface area contributed by atoms with Crippen molar-refractivity contribution >= 4 is 41.5 Å². The molecule has 3 aliphatic rings. The topological polar surface area (TPSA) is 190 Å². The van der Waals surface area contributed by atoms with Gasteiger partial charge in [-0.3, -0.25) is 24.0 Å². The molecular formula is C35H49NO15S. The minimum atomic E-state index is -1.56. The molecule has 0 saturated carbocycles. The zero-order valence-electron chi connectivity index (χ0n) is 30.2. The van der Waals surface area contributed by atoms with Crippen LogP contribution in [-0.4, -0.2) is 123 Å². The number of hydrogen-bond acceptors (Lipinski definition) is 16. The van der Waals surface area contributed by atoms with E-state index in [1.165, 1.54) is 13.8 Å². The van der Waals surface area contributed by atoms with Gasteiger partial charge < -0.3 is 52.7 Å². The third-order valence-electron chi connectivity index (χ3n) is 8.29. The molecule has 0 bridgehead atoms. The van der Waals surface area contributed by atoms with Crippen molar-refractivity contribution < 1.29 is 71.3 Å². The molecule has 1 aromatic rings. The standard InChI is InChI=1S/C35H49NO15S/c1-19(37)36-27-30(28-26(48-34(27)42-15-11-8-12-16-52-6)18-44-33(50-28)24-13-9-7-10-14-24)51-35-32(47-23(5)41)31(46-22(4)40)29(45-21(3)39)25(49-35)17-43-20(2)38/h7,9-10,13-14,25-35H,8,11-12,15-18H2,1-6H3,(H,36,37). The molecule has 3 saturated heterocycles. The van der Waals surface area contributed by atoms with Gasteiger partial charge in [0.2, 0.25) is 5.91 Å². The quantitative estimate of drug-likeness (QED) is 0.147. The number of esters is 4. The van der Waals surface area contributed by atoms with E-state index in [2.05, 4.69) is 5.32 Å². The van der Waals surface area contributed by atoms with E-state index in [4.69, 9.17) is 47.4 Å². The Morgan fingerprint density at radius 2 is 1.44 bits per heavy atom. The summed E-state index contributed by atoms with van der Waals surface area (Å²) in [4.78, 5) is 61.8. The van der Waals surface area contributed by atoms with Gasteiger partial charge in [-0.05, 0) is 24.9 Å². The predicted octanol–water partition coefficient (Wildman–Crippen LogP) is 2.35. The first-order valence-electron chi connectivity index (χ1n) is 17.2. The molecule has 4 rings (SSSR count). The molecule has 16 nitrogen and oxygen atoms in total. The van der Waals surface area contributed by atoms with Gasteiger partial charge >= 0.3 is 23.9 Å². The van der Waals surface area contributed by atoms with Crippen molar-refractivity contribution in [3.63, 3.8) is 0 Å². The number of hydrogen-bond donors (Lipinski definition) is 1. The van der Waals surface area contributed by atoms with E-state index in [1.54, 1.807) is 11.8 Å². The summed E-state index contributed by atoms with van der Waals surface area (Å²) in [7, 11) is 0. The number of ether oxygens (including phenoxy) is 10. The highest BCUT2D eigenvalue weighted by Gasteiger charge is 2.57. The maximum atomic E-state index is 12.7. The van der Waals surface area contributed by atoms with Crippen LogP contribution in [0.1, 0.15) is 65.7 Å². The van der Waals surface area contributed by atoms with Crippen molar-refractivity contribution in [2.24, 2.45) is 0 Å². The van der Waals surface area contributed by atoms with Crippen LogP contribution in [0.5, 0.6) is 0 Å². The van der Waals surface area contributed by atoms with E-state index < -0.39 is 104 Å². The number of benzene rings is 1. The van der Waals surface area contributed by atoms with Gasteiger partial charge in [-0.2, -0.15) is 11.8 Å². The molecule has 11 unspecified atom stereocenters. The average Bonchev–Trinajstić information content (AvgIpc) is 3.08. The number of rotatable bonds is 16. The fourth-order valence-corrected chi connectivity index (χ4v) is 6.71. The summed E-state index contributed by atoms with van der Waals surface area (Å²) >= 11 is 1.76. The van der Waals surface area contributed by atoms with Gasteiger partial charge in [-0.25, -0.2) is 0 Å². The Kier molecular flexibility index (Phi) is 16.1. The van der Waals surface area contributed by atoms with E-state index in [0.717, 1.165) is 45.8 Å². The third-order valence-corrected chi connectivity index (χ3v) is 8.99. The molecule has 0 radical (unpaired) electrons. The second-order valence-corrected chi connectivity index (χ2v) is 13.5. The van der Waals surface area contributed by atoms with Gasteiger partial charge in [0, 0.05) is 46.8 Å². The number of unbranched alkanes of at least 4 members (excludes halogenated alkanes) is 2. The van der Waals surface area contributed by atoms with Crippen LogP contribution in [0, 0.1) is 0 Å². The largest absolute Gasteiger partial charge is 0.463 e. The minimum absolute atomic E-state index is 0.0586. The van der Waals surface area contributed by atoms with Gasteiger partial charge in [0.1, 0.15) is 37.1 Å². The van der Waals surface area contributed by atoms with Crippen LogP contribution in [0.25, 0.3) is 0 Å². The monoisotopic (exact) mass is 755 g/mol. The summed E-state index contributed by atoms with van der Waals surface area (Å²) in [5, 5.41) is 2.88. The van der Waals surface area contributed by atoms with Crippen molar-refractivity contribution in [2.45, 2.75) is 122 Å². The van der Waals surface area contributed by atoms with Crippen LogP contribution in [-0.2, 0) is 71.3 Å².